The van der Waals surface area contributed by atoms with E-state index in [4.69, 9.17) is 14.7 Å². The van der Waals surface area contributed by atoms with Gasteiger partial charge in [0.15, 0.2) is 6.61 Å². The summed E-state index contributed by atoms with van der Waals surface area (Å²) >= 11 is 0. The molecular weight excluding hydrogens is 404 g/mol. The summed E-state index contributed by atoms with van der Waals surface area (Å²) in [6, 6.07) is 9.82. The van der Waals surface area contributed by atoms with Crippen LogP contribution in [0.4, 0.5) is 0 Å². The molecule has 1 aromatic heterocycles. The molecule has 0 atom stereocenters. The number of hydrogen-bond donors (Lipinski definition) is 1. The molecule has 0 aliphatic heterocycles. The van der Waals surface area contributed by atoms with E-state index in [1.807, 2.05) is 24.4 Å². The lowest BCUT2D eigenvalue weighted by Crippen LogP contribution is -2.19. The maximum absolute atomic E-state index is 10.9. The number of carboxylic acid groups (broad SMARTS) is 1. The van der Waals surface area contributed by atoms with Gasteiger partial charge in [-0.05, 0) is 67.5 Å². The van der Waals surface area contributed by atoms with E-state index >= 15 is 0 Å². The molecular formula is C26H30N2O4. The Morgan fingerprint density at radius 1 is 1.12 bits per heavy atom. The van der Waals surface area contributed by atoms with Gasteiger partial charge in [-0.3, -0.25) is 4.98 Å². The van der Waals surface area contributed by atoms with Gasteiger partial charge in [0.1, 0.15) is 12.4 Å². The second-order valence-corrected chi connectivity index (χ2v) is 8.40. The van der Waals surface area contributed by atoms with E-state index in [9.17, 15) is 4.79 Å². The molecule has 0 amide bonds. The van der Waals surface area contributed by atoms with E-state index in [2.05, 4.69) is 28.3 Å². The number of pyridine rings is 1. The van der Waals surface area contributed by atoms with Crippen LogP contribution < -0.4 is 4.74 Å². The molecule has 6 nitrogen and oxygen atoms in total. The first-order valence-corrected chi connectivity index (χ1v) is 11.5. The van der Waals surface area contributed by atoms with Crippen LogP contribution in [0.2, 0.25) is 0 Å². The summed E-state index contributed by atoms with van der Waals surface area (Å²) in [6.07, 6.45) is 14.6. The first-order valence-electron chi connectivity index (χ1n) is 11.5. The molecule has 0 spiro atoms. The summed E-state index contributed by atoms with van der Waals surface area (Å²) in [7, 11) is 0. The van der Waals surface area contributed by atoms with Crippen LogP contribution in [0.1, 0.15) is 61.6 Å². The molecule has 1 aromatic carbocycles. The lowest BCUT2D eigenvalue weighted by Gasteiger charge is -2.23. The van der Waals surface area contributed by atoms with Crippen molar-refractivity contribution < 1.29 is 19.5 Å². The number of carbonyl (C=O) groups is 1. The highest BCUT2D eigenvalue weighted by Gasteiger charge is 2.22. The van der Waals surface area contributed by atoms with Gasteiger partial charge >= 0.3 is 5.97 Å². The number of rotatable bonds is 8. The lowest BCUT2D eigenvalue weighted by atomic mass is 9.84. The van der Waals surface area contributed by atoms with Gasteiger partial charge in [0.05, 0.1) is 5.71 Å². The van der Waals surface area contributed by atoms with Crippen LogP contribution in [0.3, 0.4) is 0 Å². The third-order valence-electron chi connectivity index (χ3n) is 6.22. The lowest BCUT2D eigenvalue weighted by molar-refractivity contribution is -0.139. The van der Waals surface area contributed by atoms with Gasteiger partial charge in [0, 0.05) is 29.4 Å². The molecule has 0 bridgehead atoms. The van der Waals surface area contributed by atoms with Crippen molar-refractivity contribution in [2.24, 2.45) is 11.1 Å². The smallest absolute Gasteiger partial charge is 0.341 e. The highest BCUT2D eigenvalue weighted by atomic mass is 16.6. The van der Waals surface area contributed by atoms with E-state index in [0.29, 0.717) is 18.3 Å². The van der Waals surface area contributed by atoms with Crippen molar-refractivity contribution in [3.05, 3.63) is 65.5 Å². The Kier molecular flexibility index (Phi) is 7.54. The average molecular weight is 435 g/mol. The van der Waals surface area contributed by atoms with Crippen molar-refractivity contribution in [2.75, 3.05) is 13.2 Å². The topological polar surface area (TPSA) is 81.0 Å². The highest BCUT2D eigenvalue weighted by Crippen LogP contribution is 2.36. The molecule has 0 saturated heterocycles. The Hall–Kier alpha value is -3.15. The van der Waals surface area contributed by atoms with Gasteiger partial charge in [-0.15, -0.1) is 0 Å². The number of aromatic nitrogens is 1. The van der Waals surface area contributed by atoms with Crippen molar-refractivity contribution in [3.63, 3.8) is 0 Å². The molecule has 2 aliphatic carbocycles. The van der Waals surface area contributed by atoms with Crippen LogP contribution in [-0.4, -0.2) is 35.0 Å². The number of carboxylic acids is 1. The first-order chi connectivity index (χ1) is 15.7. The molecule has 2 aromatic rings. The second-order valence-electron chi connectivity index (χ2n) is 8.40. The maximum atomic E-state index is 10.9. The quantitative estimate of drug-likeness (QED) is 0.348. The molecule has 6 heteroatoms. The molecule has 1 N–H and O–H groups in total. The van der Waals surface area contributed by atoms with Gasteiger partial charge in [-0.2, -0.15) is 0 Å². The zero-order valence-electron chi connectivity index (χ0n) is 18.3. The van der Waals surface area contributed by atoms with Crippen LogP contribution in [-0.2, 0) is 16.1 Å². The monoisotopic (exact) mass is 434 g/mol. The number of aliphatic carboxylic acids is 1. The molecule has 168 valence electrons. The number of nitrogens with zero attached hydrogens (tertiary/aromatic N) is 2. The molecule has 1 heterocycles. The van der Waals surface area contributed by atoms with Gasteiger partial charge in [-0.25, -0.2) is 4.79 Å². The molecule has 1 saturated carbocycles. The summed E-state index contributed by atoms with van der Waals surface area (Å²) in [5, 5.41) is 13.5. The zero-order chi connectivity index (χ0) is 22.2. The maximum Gasteiger partial charge on any atom is 0.341 e. The molecule has 2 aliphatic rings. The minimum absolute atomic E-state index is 0.328. The third kappa shape index (κ3) is 5.55. The summed E-state index contributed by atoms with van der Waals surface area (Å²) in [5.74, 6) is 0.110. The van der Waals surface area contributed by atoms with Crippen LogP contribution in [0.5, 0.6) is 5.75 Å². The van der Waals surface area contributed by atoms with E-state index in [1.54, 1.807) is 6.20 Å². The minimum Gasteiger partial charge on any atom is -0.482 e. The van der Waals surface area contributed by atoms with E-state index in [1.165, 1.54) is 24.8 Å². The Labute approximate surface area is 189 Å². The highest BCUT2D eigenvalue weighted by molar-refractivity contribution is 6.01. The van der Waals surface area contributed by atoms with E-state index < -0.39 is 5.97 Å². The number of benzene rings is 1. The van der Waals surface area contributed by atoms with Crippen LogP contribution >= 0.6 is 0 Å². The predicted octanol–water partition coefficient (Wildman–Crippen LogP) is 5.27. The van der Waals surface area contributed by atoms with E-state index in [0.717, 1.165) is 54.5 Å². The molecule has 4 rings (SSSR count). The molecule has 0 radical (unpaired) electrons. The summed E-state index contributed by atoms with van der Waals surface area (Å²) in [6.45, 7) is 0.0665. The van der Waals surface area contributed by atoms with Crippen molar-refractivity contribution in [2.45, 2.75) is 51.4 Å². The molecule has 32 heavy (non-hydrogen) atoms. The average Bonchev–Trinajstić information content (AvgIpc) is 2.84. The number of ether oxygens (including phenoxy) is 1. The fourth-order valence-electron chi connectivity index (χ4n) is 4.70. The predicted molar refractivity (Wildman–Crippen MR) is 124 cm³/mol. The molecule has 0 unspecified atom stereocenters. The number of allylic oxidation sites excluding steroid dienone is 1. The van der Waals surface area contributed by atoms with Gasteiger partial charge in [0.25, 0.3) is 0 Å². The van der Waals surface area contributed by atoms with E-state index in [-0.39, 0.29) is 6.61 Å². The van der Waals surface area contributed by atoms with Crippen molar-refractivity contribution in [1.29, 1.82) is 0 Å². The Balaban J connectivity index is 1.48. The van der Waals surface area contributed by atoms with Gasteiger partial charge < -0.3 is 14.7 Å². The standard InChI is InChI=1S/C26H30N2O4/c29-25(30)18-31-24-13-5-11-22-19(9-4-12-23(22)24)14-16-32-28-26(20-7-2-1-3-8-20)21-10-6-15-27-17-21/h5-6,10-11,13-15,17,20H,1-4,7-9,12,16,18H2,(H,29,30)/b19-14-,28-26-. The van der Waals surface area contributed by atoms with Crippen LogP contribution in [0.15, 0.2) is 54.0 Å². The summed E-state index contributed by atoms with van der Waals surface area (Å²) in [5.41, 5.74) is 5.43. The summed E-state index contributed by atoms with van der Waals surface area (Å²) in [4.78, 5) is 21.0. The van der Waals surface area contributed by atoms with Crippen LogP contribution in [0.25, 0.3) is 5.57 Å². The number of fused-ring (bicyclic) bond motifs is 1. The van der Waals surface area contributed by atoms with Crippen LogP contribution in [0, 0.1) is 5.92 Å². The fraction of sp³-hybridized carbons (Fsp3) is 0.423. The number of oxime groups is 1. The Bertz CT molecular complexity index is 979. The third-order valence-corrected chi connectivity index (χ3v) is 6.22. The van der Waals surface area contributed by atoms with Crippen molar-refractivity contribution >= 4 is 17.3 Å². The molecule has 1 fully saturated rings. The first kappa shape index (κ1) is 22.1. The fourth-order valence-corrected chi connectivity index (χ4v) is 4.70. The van der Waals surface area contributed by atoms with Crippen molar-refractivity contribution in [3.8, 4) is 5.75 Å². The normalized spacial score (nSPS) is 18.2. The SMILES string of the molecule is O=C(O)COc1cccc2c1CCC/C2=C/CO/N=C(\c1cccnc1)C1CCCCC1. The Morgan fingerprint density at radius 3 is 2.78 bits per heavy atom. The number of hydrogen-bond acceptors (Lipinski definition) is 5. The second kappa shape index (κ2) is 10.9. The van der Waals surface area contributed by atoms with Crippen molar-refractivity contribution in [1.82, 2.24) is 4.98 Å². The van der Waals surface area contributed by atoms with Gasteiger partial charge in [0.2, 0.25) is 0 Å². The minimum atomic E-state index is -0.970. The zero-order valence-corrected chi connectivity index (χ0v) is 18.3. The van der Waals surface area contributed by atoms with Gasteiger partial charge in [-0.1, -0.05) is 36.6 Å². The largest absolute Gasteiger partial charge is 0.482 e. The summed E-state index contributed by atoms with van der Waals surface area (Å²) < 4.78 is 5.50. The Morgan fingerprint density at radius 2 is 2.00 bits per heavy atom.